The van der Waals surface area contributed by atoms with Crippen LogP contribution < -0.4 is 9.47 Å². The molecule has 0 amide bonds. The van der Waals surface area contributed by atoms with Crippen LogP contribution in [-0.4, -0.2) is 30.3 Å². The average molecular weight is 211 g/mol. The molecule has 1 unspecified atom stereocenters. The summed E-state index contributed by atoms with van der Waals surface area (Å²) in [6, 6.07) is 3.25. The second-order valence-corrected chi connectivity index (χ2v) is 3.01. The first kappa shape index (κ1) is 11.3. The number of hydrogen-bond donors (Lipinski definition) is 1. The van der Waals surface area contributed by atoms with Crippen LogP contribution >= 0.6 is 0 Å². The molecule has 1 rings (SSSR count). The Morgan fingerprint density at radius 2 is 2.07 bits per heavy atom. The van der Waals surface area contributed by atoms with Crippen LogP contribution in [0.4, 0.5) is 0 Å². The topological polar surface area (TPSA) is 68.7 Å². The summed E-state index contributed by atoms with van der Waals surface area (Å²) in [6.07, 6.45) is 0. The third kappa shape index (κ3) is 2.37. The van der Waals surface area contributed by atoms with Gasteiger partial charge in [-0.05, 0) is 19.1 Å². The van der Waals surface area contributed by atoms with E-state index in [1.165, 1.54) is 14.2 Å². The number of methoxy groups -OCH3 is 2. The molecule has 82 valence electrons. The molecule has 5 nitrogen and oxygen atoms in total. The normalized spacial score (nSPS) is 11.9. The maximum absolute atomic E-state index is 10.7. The molecule has 15 heavy (non-hydrogen) atoms. The van der Waals surface area contributed by atoms with Gasteiger partial charge in [-0.25, -0.2) is 4.98 Å². The number of aromatic nitrogens is 1. The van der Waals surface area contributed by atoms with Crippen LogP contribution in [0.2, 0.25) is 0 Å². The molecule has 5 heteroatoms. The lowest BCUT2D eigenvalue weighted by Gasteiger charge is -2.10. The van der Waals surface area contributed by atoms with Crippen molar-refractivity contribution in [1.29, 1.82) is 0 Å². The molecule has 0 saturated carbocycles. The summed E-state index contributed by atoms with van der Waals surface area (Å²) in [4.78, 5) is 14.8. The number of nitrogens with zero attached hydrogens (tertiary/aromatic N) is 1. The van der Waals surface area contributed by atoms with Gasteiger partial charge in [-0.1, -0.05) is 0 Å². The fraction of sp³-hybridized carbons (Fsp3) is 0.400. The molecule has 1 aromatic heterocycles. The molecule has 0 aliphatic heterocycles. The predicted molar refractivity (Wildman–Crippen MR) is 53.4 cm³/mol. The van der Waals surface area contributed by atoms with Gasteiger partial charge in [0.1, 0.15) is 0 Å². The van der Waals surface area contributed by atoms with Crippen LogP contribution in [0.15, 0.2) is 12.1 Å². The summed E-state index contributed by atoms with van der Waals surface area (Å²) in [5, 5.41) is 8.81. The minimum Gasteiger partial charge on any atom is -0.491 e. The Morgan fingerprint density at radius 3 is 2.53 bits per heavy atom. The van der Waals surface area contributed by atoms with Gasteiger partial charge >= 0.3 is 5.97 Å². The summed E-state index contributed by atoms with van der Waals surface area (Å²) < 4.78 is 9.97. The maximum Gasteiger partial charge on any atom is 0.312 e. The molecule has 1 atom stereocenters. The van der Waals surface area contributed by atoms with Crippen molar-refractivity contribution in [1.82, 2.24) is 4.98 Å². The minimum atomic E-state index is -0.922. The zero-order valence-corrected chi connectivity index (χ0v) is 8.85. The molecule has 0 aliphatic rings. The number of carbonyl (C=O) groups is 1. The number of rotatable bonds is 4. The van der Waals surface area contributed by atoms with E-state index < -0.39 is 11.9 Å². The number of carboxylic acid groups (broad SMARTS) is 1. The SMILES string of the molecule is COc1ccc(C(C)C(=O)O)nc1OC. The molecule has 1 N–H and O–H groups in total. The van der Waals surface area contributed by atoms with Crippen molar-refractivity contribution < 1.29 is 19.4 Å². The van der Waals surface area contributed by atoms with Crippen molar-refractivity contribution in [2.75, 3.05) is 14.2 Å². The van der Waals surface area contributed by atoms with Crippen molar-refractivity contribution in [2.24, 2.45) is 0 Å². The lowest BCUT2D eigenvalue weighted by Crippen LogP contribution is -2.09. The van der Waals surface area contributed by atoms with E-state index in [-0.39, 0.29) is 0 Å². The number of ether oxygens (including phenoxy) is 2. The molecule has 0 bridgehead atoms. The number of pyridine rings is 1. The summed E-state index contributed by atoms with van der Waals surface area (Å²) in [6.45, 7) is 1.57. The minimum absolute atomic E-state index is 0.295. The molecule has 0 radical (unpaired) electrons. The summed E-state index contributed by atoms with van der Waals surface area (Å²) in [5.74, 6) is -0.804. The highest BCUT2D eigenvalue weighted by molar-refractivity contribution is 5.74. The van der Waals surface area contributed by atoms with Crippen LogP contribution in [0, 0.1) is 0 Å². The largest absolute Gasteiger partial charge is 0.491 e. The summed E-state index contributed by atoms with van der Waals surface area (Å²) in [7, 11) is 2.96. The van der Waals surface area contributed by atoms with Gasteiger partial charge in [0.2, 0.25) is 0 Å². The Morgan fingerprint density at radius 1 is 1.40 bits per heavy atom. The predicted octanol–water partition coefficient (Wildman–Crippen LogP) is 1.29. The zero-order valence-electron chi connectivity index (χ0n) is 8.85. The first-order valence-corrected chi connectivity index (χ1v) is 4.42. The Hall–Kier alpha value is -1.78. The van der Waals surface area contributed by atoms with E-state index in [2.05, 4.69) is 4.98 Å². The summed E-state index contributed by atoms with van der Waals surface area (Å²) in [5.41, 5.74) is 0.445. The summed E-state index contributed by atoms with van der Waals surface area (Å²) >= 11 is 0. The highest BCUT2D eigenvalue weighted by Crippen LogP contribution is 2.26. The van der Waals surface area contributed by atoms with Crippen molar-refractivity contribution in [3.63, 3.8) is 0 Å². The van der Waals surface area contributed by atoms with Crippen LogP contribution in [0.1, 0.15) is 18.5 Å². The van der Waals surface area contributed by atoms with E-state index in [0.29, 0.717) is 17.3 Å². The fourth-order valence-electron chi connectivity index (χ4n) is 1.11. The van der Waals surface area contributed by atoms with E-state index in [0.717, 1.165) is 0 Å². The molecular formula is C10H13NO4. The second-order valence-electron chi connectivity index (χ2n) is 3.01. The van der Waals surface area contributed by atoms with Gasteiger partial charge in [0, 0.05) is 0 Å². The standard InChI is InChI=1S/C10H13NO4/c1-6(10(12)13)7-4-5-8(14-2)9(11-7)15-3/h4-6H,1-3H3,(H,12,13). The first-order chi connectivity index (χ1) is 7.10. The van der Waals surface area contributed by atoms with E-state index in [4.69, 9.17) is 14.6 Å². The zero-order chi connectivity index (χ0) is 11.4. The Balaban J connectivity index is 3.07. The smallest absolute Gasteiger partial charge is 0.312 e. The monoisotopic (exact) mass is 211 g/mol. The third-order valence-electron chi connectivity index (χ3n) is 2.07. The van der Waals surface area contributed by atoms with E-state index in [1.54, 1.807) is 19.1 Å². The van der Waals surface area contributed by atoms with E-state index in [1.807, 2.05) is 0 Å². The van der Waals surface area contributed by atoms with E-state index >= 15 is 0 Å². The highest BCUT2D eigenvalue weighted by Gasteiger charge is 2.17. The second kappa shape index (κ2) is 4.63. The molecule has 0 aromatic carbocycles. The molecule has 1 heterocycles. The van der Waals surface area contributed by atoms with Crippen molar-refractivity contribution in [2.45, 2.75) is 12.8 Å². The molecule has 0 spiro atoms. The molecule has 1 aromatic rings. The lowest BCUT2D eigenvalue weighted by atomic mass is 10.1. The maximum atomic E-state index is 10.7. The Kier molecular flexibility index (Phi) is 3.49. The van der Waals surface area contributed by atoms with Crippen LogP contribution in [-0.2, 0) is 4.79 Å². The van der Waals surface area contributed by atoms with Gasteiger partial charge in [-0.3, -0.25) is 4.79 Å². The van der Waals surface area contributed by atoms with Gasteiger partial charge in [-0.15, -0.1) is 0 Å². The van der Waals surface area contributed by atoms with Crippen LogP contribution in [0.25, 0.3) is 0 Å². The quantitative estimate of drug-likeness (QED) is 0.812. The molecular weight excluding hydrogens is 198 g/mol. The van der Waals surface area contributed by atoms with Crippen LogP contribution in [0.3, 0.4) is 0 Å². The van der Waals surface area contributed by atoms with Crippen LogP contribution in [0.5, 0.6) is 11.6 Å². The number of aliphatic carboxylic acids is 1. The van der Waals surface area contributed by atoms with Gasteiger partial charge in [0.25, 0.3) is 5.88 Å². The highest BCUT2D eigenvalue weighted by atomic mass is 16.5. The molecule has 0 saturated heterocycles. The van der Waals surface area contributed by atoms with Crippen molar-refractivity contribution in [3.8, 4) is 11.6 Å². The van der Waals surface area contributed by atoms with Crippen molar-refractivity contribution >= 4 is 5.97 Å². The Bertz CT molecular complexity index is 364. The van der Waals surface area contributed by atoms with Gasteiger partial charge in [0.15, 0.2) is 5.75 Å². The lowest BCUT2D eigenvalue weighted by molar-refractivity contribution is -0.138. The Labute approximate surface area is 87.7 Å². The first-order valence-electron chi connectivity index (χ1n) is 4.42. The van der Waals surface area contributed by atoms with Crippen molar-refractivity contribution in [3.05, 3.63) is 17.8 Å². The van der Waals surface area contributed by atoms with Gasteiger partial charge < -0.3 is 14.6 Å². The number of carboxylic acids is 1. The average Bonchev–Trinajstić information content (AvgIpc) is 2.26. The van der Waals surface area contributed by atoms with Gasteiger partial charge in [0.05, 0.1) is 25.8 Å². The molecule has 0 fully saturated rings. The van der Waals surface area contributed by atoms with Gasteiger partial charge in [-0.2, -0.15) is 0 Å². The third-order valence-corrected chi connectivity index (χ3v) is 2.07. The van der Waals surface area contributed by atoms with E-state index in [9.17, 15) is 4.79 Å². The fourth-order valence-corrected chi connectivity index (χ4v) is 1.11. The molecule has 0 aliphatic carbocycles. The number of hydrogen-bond acceptors (Lipinski definition) is 4.